The number of hydrogen-bond acceptors (Lipinski definition) is 2. The summed E-state index contributed by atoms with van der Waals surface area (Å²) in [5.74, 6) is 1.06. The van der Waals surface area contributed by atoms with Gasteiger partial charge in [0.05, 0.1) is 12.2 Å². The standard InChI is InChI=1S/C11H14ClNO2/c1-6(12)11(14)13-4-7-8(5-13)10-3-2-9(7)15-10/h2-3,6-10H,4-5H2,1H3. The van der Waals surface area contributed by atoms with E-state index >= 15 is 0 Å². The van der Waals surface area contributed by atoms with Gasteiger partial charge in [-0.3, -0.25) is 4.79 Å². The quantitative estimate of drug-likeness (QED) is 0.495. The van der Waals surface area contributed by atoms with Gasteiger partial charge in [0.25, 0.3) is 0 Å². The third kappa shape index (κ3) is 1.33. The second kappa shape index (κ2) is 3.22. The molecule has 3 rings (SSSR count). The number of alkyl halides is 1. The summed E-state index contributed by atoms with van der Waals surface area (Å²) in [4.78, 5) is 13.6. The topological polar surface area (TPSA) is 29.5 Å². The van der Waals surface area contributed by atoms with Gasteiger partial charge in [-0.2, -0.15) is 0 Å². The molecule has 5 atom stereocenters. The van der Waals surface area contributed by atoms with Crippen LogP contribution in [0, 0.1) is 11.8 Å². The Morgan fingerprint density at radius 2 is 1.93 bits per heavy atom. The Hall–Kier alpha value is -0.540. The van der Waals surface area contributed by atoms with Crippen LogP contribution in [0.3, 0.4) is 0 Å². The second-order valence-electron chi connectivity index (χ2n) is 4.64. The molecular weight excluding hydrogens is 214 g/mol. The average molecular weight is 228 g/mol. The molecule has 5 unspecified atom stereocenters. The minimum absolute atomic E-state index is 0.0606. The Morgan fingerprint density at radius 3 is 2.40 bits per heavy atom. The molecule has 2 bridgehead atoms. The summed E-state index contributed by atoms with van der Waals surface area (Å²) in [6.45, 7) is 3.36. The normalized spacial score (nSPS) is 43.5. The van der Waals surface area contributed by atoms with Crippen LogP contribution in [0.5, 0.6) is 0 Å². The van der Waals surface area contributed by atoms with Crippen LogP contribution in [-0.4, -0.2) is 41.5 Å². The van der Waals surface area contributed by atoms with Crippen molar-refractivity contribution in [3.05, 3.63) is 12.2 Å². The number of hydrogen-bond donors (Lipinski definition) is 0. The summed E-state index contributed by atoms with van der Waals surface area (Å²) in [6.07, 6.45) is 4.74. The molecule has 3 heterocycles. The summed E-state index contributed by atoms with van der Waals surface area (Å²) in [5, 5.41) is -0.407. The average Bonchev–Trinajstić information content (AvgIpc) is 2.87. The van der Waals surface area contributed by atoms with E-state index in [2.05, 4.69) is 12.2 Å². The van der Waals surface area contributed by atoms with Crippen molar-refractivity contribution in [2.45, 2.75) is 24.5 Å². The molecular formula is C11H14ClNO2. The van der Waals surface area contributed by atoms with Gasteiger partial charge in [0, 0.05) is 24.9 Å². The molecule has 3 nitrogen and oxygen atoms in total. The van der Waals surface area contributed by atoms with E-state index in [1.165, 1.54) is 0 Å². The molecule has 82 valence electrons. The highest BCUT2D eigenvalue weighted by atomic mass is 35.5. The molecule has 0 N–H and O–H groups in total. The maximum absolute atomic E-state index is 11.7. The van der Waals surface area contributed by atoms with Crippen LogP contribution < -0.4 is 0 Å². The fraction of sp³-hybridized carbons (Fsp3) is 0.727. The molecule has 0 aromatic rings. The highest BCUT2D eigenvalue weighted by Gasteiger charge is 2.51. The van der Waals surface area contributed by atoms with Crippen molar-refractivity contribution in [3.8, 4) is 0 Å². The lowest BCUT2D eigenvalue weighted by Gasteiger charge is -2.19. The Balaban J connectivity index is 1.73. The summed E-state index contributed by atoms with van der Waals surface area (Å²) in [7, 11) is 0. The largest absolute Gasteiger partial charge is 0.366 e. The first kappa shape index (κ1) is 9.67. The van der Waals surface area contributed by atoms with Crippen LogP contribution in [0.4, 0.5) is 0 Å². The van der Waals surface area contributed by atoms with Crippen molar-refractivity contribution in [2.75, 3.05) is 13.1 Å². The third-order valence-corrected chi connectivity index (χ3v) is 3.90. The van der Waals surface area contributed by atoms with Crippen LogP contribution in [0.2, 0.25) is 0 Å². The van der Waals surface area contributed by atoms with Gasteiger partial charge in [0.1, 0.15) is 5.38 Å². The van der Waals surface area contributed by atoms with E-state index in [0.29, 0.717) is 11.8 Å². The van der Waals surface area contributed by atoms with Crippen molar-refractivity contribution >= 4 is 17.5 Å². The maximum Gasteiger partial charge on any atom is 0.240 e. The molecule has 4 heteroatoms. The molecule has 1 amide bonds. The zero-order chi connectivity index (χ0) is 10.6. The van der Waals surface area contributed by atoms with E-state index in [0.717, 1.165) is 13.1 Å². The van der Waals surface area contributed by atoms with Crippen molar-refractivity contribution in [3.63, 3.8) is 0 Å². The first-order valence-electron chi connectivity index (χ1n) is 5.43. The fourth-order valence-electron chi connectivity index (χ4n) is 2.96. The van der Waals surface area contributed by atoms with Crippen LogP contribution >= 0.6 is 11.6 Å². The maximum atomic E-state index is 11.7. The van der Waals surface area contributed by atoms with E-state index in [-0.39, 0.29) is 18.1 Å². The molecule has 3 aliphatic heterocycles. The molecule has 2 fully saturated rings. The highest BCUT2D eigenvalue weighted by Crippen LogP contribution is 2.43. The molecule has 3 aliphatic rings. The minimum atomic E-state index is -0.407. The van der Waals surface area contributed by atoms with Gasteiger partial charge < -0.3 is 9.64 Å². The van der Waals surface area contributed by atoms with E-state index in [1.54, 1.807) is 6.92 Å². The molecule has 15 heavy (non-hydrogen) atoms. The van der Waals surface area contributed by atoms with Gasteiger partial charge in [-0.05, 0) is 6.92 Å². The predicted molar refractivity (Wildman–Crippen MR) is 56.7 cm³/mol. The Morgan fingerprint density at radius 1 is 1.40 bits per heavy atom. The van der Waals surface area contributed by atoms with E-state index < -0.39 is 5.38 Å². The molecule has 0 saturated carbocycles. The first-order valence-corrected chi connectivity index (χ1v) is 5.87. The Labute approximate surface area is 94.0 Å². The molecule has 0 radical (unpaired) electrons. The Bertz CT molecular complexity index is 309. The number of carbonyl (C=O) groups excluding carboxylic acids is 1. The van der Waals surface area contributed by atoms with Crippen LogP contribution in [0.15, 0.2) is 12.2 Å². The monoisotopic (exact) mass is 227 g/mol. The van der Waals surface area contributed by atoms with E-state index in [1.807, 2.05) is 4.90 Å². The molecule has 0 spiro atoms. The van der Waals surface area contributed by atoms with Gasteiger partial charge in [-0.15, -0.1) is 11.6 Å². The molecule has 0 aromatic heterocycles. The number of halogens is 1. The summed E-state index contributed by atoms with van der Waals surface area (Å²) < 4.78 is 5.75. The fourth-order valence-corrected chi connectivity index (χ4v) is 3.10. The Kier molecular flexibility index (Phi) is 2.08. The van der Waals surface area contributed by atoms with Crippen LogP contribution in [-0.2, 0) is 9.53 Å². The number of ether oxygens (including phenoxy) is 1. The third-order valence-electron chi connectivity index (χ3n) is 3.71. The summed E-state index contributed by atoms with van der Waals surface area (Å²) >= 11 is 5.82. The zero-order valence-corrected chi connectivity index (χ0v) is 9.35. The number of fused-ring (bicyclic) bond motifs is 5. The molecule has 0 aromatic carbocycles. The van der Waals surface area contributed by atoms with Crippen molar-refractivity contribution < 1.29 is 9.53 Å². The lowest BCUT2D eigenvalue weighted by atomic mass is 9.86. The van der Waals surface area contributed by atoms with Crippen LogP contribution in [0.1, 0.15) is 6.92 Å². The number of amides is 1. The molecule has 2 saturated heterocycles. The van der Waals surface area contributed by atoms with Crippen molar-refractivity contribution in [1.29, 1.82) is 0 Å². The van der Waals surface area contributed by atoms with Gasteiger partial charge >= 0.3 is 0 Å². The SMILES string of the molecule is CC(Cl)C(=O)N1CC2C3C=CC(O3)C2C1. The lowest BCUT2D eigenvalue weighted by Crippen LogP contribution is -2.35. The first-order chi connectivity index (χ1) is 7.16. The highest BCUT2D eigenvalue weighted by molar-refractivity contribution is 6.30. The minimum Gasteiger partial charge on any atom is -0.366 e. The number of nitrogens with zero attached hydrogens (tertiary/aromatic N) is 1. The van der Waals surface area contributed by atoms with Gasteiger partial charge in [0.15, 0.2) is 0 Å². The summed E-state index contributed by atoms with van der Waals surface area (Å²) in [6, 6.07) is 0. The number of rotatable bonds is 1. The van der Waals surface area contributed by atoms with Gasteiger partial charge in [-0.25, -0.2) is 0 Å². The number of likely N-dealkylation sites (tertiary alicyclic amines) is 1. The summed E-state index contributed by atoms with van der Waals surface area (Å²) in [5.41, 5.74) is 0. The predicted octanol–water partition coefficient (Wildman–Crippen LogP) is 1.03. The van der Waals surface area contributed by atoms with Crippen molar-refractivity contribution in [1.82, 2.24) is 4.90 Å². The number of carbonyl (C=O) groups is 1. The van der Waals surface area contributed by atoms with Crippen LogP contribution in [0.25, 0.3) is 0 Å². The molecule has 0 aliphatic carbocycles. The van der Waals surface area contributed by atoms with Gasteiger partial charge in [-0.1, -0.05) is 12.2 Å². The zero-order valence-electron chi connectivity index (χ0n) is 8.60. The second-order valence-corrected chi connectivity index (χ2v) is 5.29. The smallest absolute Gasteiger partial charge is 0.240 e. The van der Waals surface area contributed by atoms with E-state index in [9.17, 15) is 4.79 Å². The lowest BCUT2D eigenvalue weighted by molar-refractivity contribution is -0.130. The van der Waals surface area contributed by atoms with E-state index in [4.69, 9.17) is 16.3 Å². The van der Waals surface area contributed by atoms with Crippen molar-refractivity contribution in [2.24, 2.45) is 11.8 Å². The van der Waals surface area contributed by atoms with Gasteiger partial charge in [0.2, 0.25) is 5.91 Å².